The van der Waals surface area contributed by atoms with E-state index in [1.165, 1.54) is 18.5 Å². The summed E-state index contributed by atoms with van der Waals surface area (Å²) in [5, 5.41) is 16.9. The number of aromatic nitrogens is 1. The fourth-order valence-corrected chi connectivity index (χ4v) is 0.658. The van der Waals surface area contributed by atoms with Crippen molar-refractivity contribution >= 4 is 5.78 Å². The number of carbonyl (C=O) groups is 1. The molecule has 0 bridgehead atoms. The number of hydrogen-bond acceptors (Lipinski definition) is 4. The third-order valence-electron chi connectivity index (χ3n) is 1.18. The Morgan fingerprint density at radius 2 is 2.27 bits per heavy atom. The van der Waals surface area contributed by atoms with Crippen LogP contribution in [0.2, 0.25) is 0 Å². The Balaban J connectivity index is 2.86. The minimum Gasteiger partial charge on any atom is -0.362 e. The van der Waals surface area contributed by atoms with Gasteiger partial charge in [0, 0.05) is 18.0 Å². The van der Waals surface area contributed by atoms with E-state index in [1.54, 1.807) is 6.07 Å². The first-order valence-electron chi connectivity index (χ1n) is 3.02. The molecule has 0 aliphatic carbocycles. The van der Waals surface area contributed by atoms with Crippen LogP contribution < -0.4 is 0 Å². The zero-order chi connectivity index (χ0) is 8.27. The lowest BCUT2D eigenvalue weighted by molar-refractivity contribution is -0.0195. The zero-order valence-electron chi connectivity index (χ0n) is 5.64. The van der Waals surface area contributed by atoms with E-state index < -0.39 is 12.1 Å². The van der Waals surface area contributed by atoms with E-state index in [2.05, 4.69) is 4.98 Å². The lowest BCUT2D eigenvalue weighted by Gasteiger charge is -1.99. The number of nitrogens with zero attached hydrogens (tertiary/aromatic N) is 1. The van der Waals surface area contributed by atoms with Gasteiger partial charge in [-0.25, -0.2) is 0 Å². The number of aliphatic hydroxyl groups is 2. The standard InChI is InChI=1S/C7H7NO3/c9-6(7(10)11)5-2-1-3-8-4-5/h1-4,7,10-11H. The average molecular weight is 153 g/mol. The summed E-state index contributed by atoms with van der Waals surface area (Å²) in [6, 6.07) is 3.02. The first-order valence-corrected chi connectivity index (χ1v) is 3.02. The Morgan fingerprint density at radius 1 is 1.55 bits per heavy atom. The number of hydrogen-bond donors (Lipinski definition) is 2. The third-order valence-corrected chi connectivity index (χ3v) is 1.18. The summed E-state index contributed by atoms with van der Waals surface area (Å²) in [6.07, 6.45) is 0.835. The molecule has 0 aliphatic rings. The quantitative estimate of drug-likeness (QED) is 0.447. The molecule has 1 aromatic rings. The van der Waals surface area contributed by atoms with Crippen LogP contribution in [0.15, 0.2) is 24.5 Å². The van der Waals surface area contributed by atoms with Crippen LogP contribution in [0.4, 0.5) is 0 Å². The molecule has 1 heterocycles. The number of rotatable bonds is 2. The van der Waals surface area contributed by atoms with Gasteiger partial charge in [-0.1, -0.05) is 0 Å². The Hall–Kier alpha value is -1.26. The Bertz CT molecular complexity index is 245. The van der Waals surface area contributed by atoms with E-state index in [1.807, 2.05) is 0 Å². The number of ketones is 1. The first kappa shape index (κ1) is 7.84. The van der Waals surface area contributed by atoms with Crippen LogP contribution >= 0.6 is 0 Å². The van der Waals surface area contributed by atoms with E-state index in [9.17, 15) is 4.79 Å². The highest BCUT2D eigenvalue weighted by molar-refractivity contribution is 5.97. The van der Waals surface area contributed by atoms with Gasteiger partial charge in [-0.3, -0.25) is 9.78 Å². The Morgan fingerprint density at radius 3 is 2.73 bits per heavy atom. The summed E-state index contributed by atoms with van der Waals surface area (Å²) in [7, 11) is 0. The summed E-state index contributed by atoms with van der Waals surface area (Å²) >= 11 is 0. The van der Waals surface area contributed by atoms with Gasteiger partial charge < -0.3 is 10.2 Å². The summed E-state index contributed by atoms with van der Waals surface area (Å²) < 4.78 is 0. The highest BCUT2D eigenvalue weighted by Crippen LogP contribution is 1.98. The second kappa shape index (κ2) is 3.23. The SMILES string of the molecule is O=C(c1cccnc1)C(O)O. The molecule has 2 N–H and O–H groups in total. The normalized spacial score (nSPS) is 10.1. The van der Waals surface area contributed by atoms with Crippen molar-refractivity contribution in [2.75, 3.05) is 0 Å². The maximum Gasteiger partial charge on any atom is 0.219 e. The smallest absolute Gasteiger partial charge is 0.219 e. The fraction of sp³-hybridized carbons (Fsp3) is 0.143. The summed E-state index contributed by atoms with van der Waals surface area (Å²) in [5.74, 6) is -0.738. The van der Waals surface area contributed by atoms with Gasteiger partial charge in [0.1, 0.15) is 0 Å². The molecule has 4 nitrogen and oxygen atoms in total. The van der Waals surface area contributed by atoms with Gasteiger partial charge in [-0.05, 0) is 12.1 Å². The van der Waals surface area contributed by atoms with Gasteiger partial charge in [0.05, 0.1) is 0 Å². The molecule has 1 rings (SSSR count). The molecule has 0 spiro atoms. The molecule has 0 radical (unpaired) electrons. The van der Waals surface area contributed by atoms with Crippen LogP contribution in [0.1, 0.15) is 10.4 Å². The van der Waals surface area contributed by atoms with Crippen molar-refractivity contribution in [2.45, 2.75) is 6.29 Å². The van der Waals surface area contributed by atoms with Crippen LogP contribution in [0, 0.1) is 0 Å². The Kier molecular flexibility index (Phi) is 2.30. The number of aliphatic hydroxyl groups excluding tert-OH is 1. The molecule has 0 aromatic carbocycles. The van der Waals surface area contributed by atoms with E-state index in [-0.39, 0.29) is 5.56 Å². The van der Waals surface area contributed by atoms with Crippen molar-refractivity contribution in [3.8, 4) is 0 Å². The maximum atomic E-state index is 10.8. The van der Waals surface area contributed by atoms with Crippen molar-refractivity contribution in [3.63, 3.8) is 0 Å². The summed E-state index contributed by atoms with van der Waals surface area (Å²) in [6.45, 7) is 0. The molecule has 0 saturated heterocycles. The average Bonchev–Trinajstić information content (AvgIpc) is 2.05. The largest absolute Gasteiger partial charge is 0.362 e. The highest BCUT2D eigenvalue weighted by Gasteiger charge is 2.12. The molecule has 58 valence electrons. The molecule has 4 heteroatoms. The minimum absolute atomic E-state index is 0.197. The molecule has 0 amide bonds. The van der Waals surface area contributed by atoms with Crippen molar-refractivity contribution in [1.29, 1.82) is 0 Å². The fourth-order valence-electron chi connectivity index (χ4n) is 0.658. The summed E-state index contributed by atoms with van der Waals surface area (Å²) in [4.78, 5) is 14.4. The van der Waals surface area contributed by atoms with Gasteiger partial charge in [0.25, 0.3) is 0 Å². The van der Waals surface area contributed by atoms with Crippen LogP contribution in [0.5, 0.6) is 0 Å². The molecule has 0 unspecified atom stereocenters. The Labute approximate surface area is 63.1 Å². The third kappa shape index (κ3) is 1.83. The molecule has 0 aliphatic heterocycles. The van der Waals surface area contributed by atoms with Gasteiger partial charge in [-0.2, -0.15) is 0 Å². The van der Waals surface area contributed by atoms with Gasteiger partial charge in [-0.15, -0.1) is 0 Å². The minimum atomic E-state index is -1.95. The lowest BCUT2D eigenvalue weighted by Crippen LogP contribution is -2.19. The predicted molar refractivity (Wildman–Crippen MR) is 36.8 cm³/mol. The van der Waals surface area contributed by atoms with Crippen molar-refractivity contribution < 1.29 is 15.0 Å². The van der Waals surface area contributed by atoms with Gasteiger partial charge in [0.2, 0.25) is 12.1 Å². The molecule has 1 aromatic heterocycles. The molecule has 11 heavy (non-hydrogen) atoms. The maximum absolute atomic E-state index is 10.8. The van der Waals surface area contributed by atoms with Crippen molar-refractivity contribution in [2.24, 2.45) is 0 Å². The van der Waals surface area contributed by atoms with Crippen LogP contribution in [0.3, 0.4) is 0 Å². The van der Waals surface area contributed by atoms with E-state index >= 15 is 0 Å². The topological polar surface area (TPSA) is 70.4 Å². The second-order valence-electron chi connectivity index (χ2n) is 1.98. The molecule has 0 atom stereocenters. The van der Waals surface area contributed by atoms with Crippen LogP contribution in [-0.2, 0) is 0 Å². The highest BCUT2D eigenvalue weighted by atomic mass is 16.5. The predicted octanol–water partition coefficient (Wildman–Crippen LogP) is -0.425. The van der Waals surface area contributed by atoms with E-state index in [0.29, 0.717) is 0 Å². The summed E-state index contributed by atoms with van der Waals surface area (Å²) in [5.41, 5.74) is 0.197. The molecule has 0 saturated carbocycles. The second-order valence-corrected chi connectivity index (χ2v) is 1.98. The van der Waals surface area contributed by atoms with E-state index in [4.69, 9.17) is 10.2 Å². The first-order chi connectivity index (χ1) is 5.22. The van der Waals surface area contributed by atoms with Crippen LogP contribution in [-0.4, -0.2) is 27.3 Å². The van der Waals surface area contributed by atoms with Gasteiger partial charge in [0.15, 0.2) is 0 Å². The van der Waals surface area contributed by atoms with Gasteiger partial charge >= 0.3 is 0 Å². The zero-order valence-corrected chi connectivity index (χ0v) is 5.64. The van der Waals surface area contributed by atoms with Crippen LogP contribution in [0.25, 0.3) is 0 Å². The number of pyridine rings is 1. The molecular formula is C7H7NO3. The number of carbonyl (C=O) groups excluding carboxylic acids is 1. The van der Waals surface area contributed by atoms with Crippen molar-refractivity contribution in [1.82, 2.24) is 4.98 Å². The monoisotopic (exact) mass is 153 g/mol. The van der Waals surface area contributed by atoms with Crippen molar-refractivity contribution in [3.05, 3.63) is 30.1 Å². The lowest BCUT2D eigenvalue weighted by atomic mass is 10.2. The number of Topliss-reactive ketones (excluding diaryl/α,β-unsaturated/α-hetero) is 1. The molecular weight excluding hydrogens is 146 g/mol. The molecule has 0 fully saturated rings. The van der Waals surface area contributed by atoms with E-state index in [0.717, 1.165) is 0 Å².